The first kappa shape index (κ1) is 13.8. The van der Waals surface area contributed by atoms with Gasteiger partial charge in [0.2, 0.25) is 0 Å². The Balaban J connectivity index is 3.28. The minimum absolute atomic E-state index is 0.134. The summed E-state index contributed by atoms with van der Waals surface area (Å²) in [6, 6.07) is 1.89. The van der Waals surface area contributed by atoms with Crippen molar-refractivity contribution in [1.82, 2.24) is 0 Å². The predicted octanol–water partition coefficient (Wildman–Crippen LogP) is 4.28. The fourth-order valence-electron chi connectivity index (χ4n) is 1.50. The Morgan fingerprint density at radius 2 is 1.94 bits per heavy atom. The molecule has 1 aromatic carbocycles. The lowest BCUT2D eigenvalue weighted by Crippen LogP contribution is -2.08. The molecule has 0 aliphatic carbocycles. The molecule has 0 amide bonds. The minimum atomic E-state index is 0.134. The quantitative estimate of drug-likeness (QED) is 0.820. The molecule has 1 rings (SSSR count). The summed E-state index contributed by atoms with van der Waals surface area (Å²) in [7, 11) is 0. The Morgan fingerprint density at radius 3 is 2.38 bits per heavy atom. The third-order valence-corrected chi connectivity index (χ3v) is 3.52. The van der Waals surface area contributed by atoms with Crippen molar-refractivity contribution < 1.29 is 9.84 Å². The maximum absolute atomic E-state index is 10.0. The molecule has 0 bridgehead atoms. The van der Waals surface area contributed by atoms with Gasteiger partial charge in [0, 0.05) is 21.8 Å². The highest BCUT2D eigenvalue weighted by atomic mass is 79.9. The van der Waals surface area contributed by atoms with E-state index in [-0.39, 0.29) is 6.10 Å². The van der Waals surface area contributed by atoms with Crippen LogP contribution in [0.4, 0.5) is 0 Å². The van der Waals surface area contributed by atoms with Gasteiger partial charge < -0.3 is 9.84 Å². The van der Waals surface area contributed by atoms with Crippen LogP contribution in [0.25, 0.3) is 0 Å². The Hall–Kier alpha value is -0.220. The fourth-order valence-corrected chi connectivity index (χ4v) is 2.61. The molecule has 2 nitrogen and oxygen atoms in total. The molecule has 0 aromatic heterocycles. The van der Waals surface area contributed by atoms with Gasteiger partial charge in [0.25, 0.3) is 0 Å². The number of benzene rings is 1. The summed E-state index contributed by atoms with van der Waals surface area (Å²) in [4.78, 5) is 0. The van der Waals surface area contributed by atoms with Crippen LogP contribution in [-0.4, -0.2) is 11.2 Å². The SMILES string of the molecule is Cc1c(OC(C)C)cc(CBr)c(O)c1CBr. The van der Waals surface area contributed by atoms with Gasteiger partial charge in [0.15, 0.2) is 0 Å². The highest BCUT2D eigenvalue weighted by Gasteiger charge is 2.15. The lowest BCUT2D eigenvalue weighted by atomic mass is 10.0. The largest absolute Gasteiger partial charge is 0.507 e. The first-order valence-electron chi connectivity index (χ1n) is 5.14. The third kappa shape index (κ3) is 2.92. The maximum Gasteiger partial charge on any atom is 0.124 e. The monoisotopic (exact) mass is 350 g/mol. The second-order valence-corrected chi connectivity index (χ2v) is 5.04. The number of phenolic OH excluding ortho intramolecular Hbond substituents is 1. The van der Waals surface area contributed by atoms with Crippen molar-refractivity contribution in [2.45, 2.75) is 37.5 Å². The molecule has 90 valence electrons. The van der Waals surface area contributed by atoms with Crippen LogP contribution in [0, 0.1) is 6.92 Å². The van der Waals surface area contributed by atoms with E-state index < -0.39 is 0 Å². The summed E-state index contributed by atoms with van der Waals surface area (Å²) in [5.41, 5.74) is 2.75. The lowest BCUT2D eigenvalue weighted by Gasteiger charge is -2.17. The standard InChI is InChI=1S/C12H16Br2O2/c1-7(2)16-11-4-9(5-13)12(15)10(6-14)8(11)3/h4,7,15H,5-6H2,1-3H3. The van der Waals surface area contributed by atoms with E-state index in [2.05, 4.69) is 31.9 Å². The molecule has 16 heavy (non-hydrogen) atoms. The second kappa shape index (κ2) is 5.92. The summed E-state index contributed by atoms with van der Waals surface area (Å²) in [5.74, 6) is 1.19. The van der Waals surface area contributed by atoms with Crippen LogP contribution in [0.3, 0.4) is 0 Å². The molecule has 0 fully saturated rings. The van der Waals surface area contributed by atoms with E-state index in [1.807, 2.05) is 26.8 Å². The molecule has 0 atom stereocenters. The predicted molar refractivity (Wildman–Crippen MR) is 73.9 cm³/mol. The van der Waals surface area contributed by atoms with Crippen molar-refractivity contribution in [3.05, 3.63) is 22.8 Å². The first-order chi connectivity index (χ1) is 7.51. The maximum atomic E-state index is 10.0. The molecule has 0 aliphatic rings. The van der Waals surface area contributed by atoms with Crippen LogP contribution in [0.5, 0.6) is 11.5 Å². The second-order valence-electron chi connectivity index (χ2n) is 3.92. The number of hydrogen-bond donors (Lipinski definition) is 1. The minimum Gasteiger partial charge on any atom is -0.507 e. The zero-order chi connectivity index (χ0) is 12.3. The van der Waals surface area contributed by atoms with E-state index in [1.54, 1.807) is 0 Å². The molecular formula is C12H16Br2O2. The summed E-state index contributed by atoms with van der Waals surface area (Å²) in [6.07, 6.45) is 0.134. The molecule has 0 radical (unpaired) electrons. The van der Waals surface area contributed by atoms with Crippen LogP contribution >= 0.6 is 31.9 Å². The molecule has 1 N–H and O–H groups in total. The van der Waals surface area contributed by atoms with E-state index in [0.29, 0.717) is 16.4 Å². The molecule has 0 saturated heterocycles. The van der Waals surface area contributed by atoms with Gasteiger partial charge in [-0.15, -0.1) is 0 Å². The third-order valence-electron chi connectivity index (χ3n) is 2.36. The summed E-state index contributed by atoms with van der Waals surface area (Å²) >= 11 is 6.76. The Kier molecular flexibility index (Phi) is 5.12. The summed E-state index contributed by atoms with van der Waals surface area (Å²) in [6.45, 7) is 5.95. The highest BCUT2D eigenvalue weighted by molar-refractivity contribution is 9.08. The Bertz CT molecular complexity index is 376. The van der Waals surface area contributed by atoms with Gasteiger partial charge in [-0.3, -0.25) is 0 Å². The van der Waals surface area contributed by atoms with Crippen molar-refractivity contribution >= 4 is 31.9 Å². The smallest absolute Gasteiger partial charge is 0.124 e. The van der Waals surface area contributed by atoms with Crippen LogP contribution < -0.4 is 4.74 Å². The number of phenols is 1. The fraction of sp³-hybridized carbons (Fsp3) is 0.500. The number of alkyl halides is 2. The van der Waals surface area contributed by atoms with Crippen LogP contribution in [0.2, 0.25) is 0 Å². The number of aromatic hydroxyl groups is 1. The zero-order valence-corrected chi connectivity index (χ0v) is 12.9. The van der Waals surface area contributed by atoms with Gasteiger partial charge in [-0.05, 0) is 32.4 Å². The molecule has 0 unspecified atom stereocenters. The van der Waals surface area contributed by atoms with Gasteiger partial charge >= 0.3 is 0 Å². The number of ether oxygens (including phenoxy) is 1. The summed E-state index contributed by atoms with van der Waals surface area (Å²) in [5, 5.41) is 11.3. The lowest BCUT2D eigenvalue weighted by molar-refractivity contribution is 0.240. The van der Waals surface area contributed by atoms with Gasteiger partial charge in [-0.25, -0.2) is 0 Å². The topological polar surface area (TPSA) is 29.5 Å². The van der Waals surface area contributed by atoms with Crippen LogP contribution in [-0.2, 0) is 10.7 Å². The van der Waals surface area contributed by atoms with Crippen molar-refractivity contribution in [2.24, 2.45) is 0 Å². The molecule has 1 aromatic rings. The van der Waals surface area contributed by atoms with Gasteiger partial charge in [0.05, 0.1) is 6.10 Å². The van der Waals surface area contributed by atoms with Crippen molar-refractivity contribution in [2.75, 3.05) is 0 Å². The van der Waals surface area contributed by atoms with E-state index in [0.717, 1.165) is 22.4 Å². The van der Waals surface area contributed by atoms with E-state index >= 15 is 0 Å². The first-order valence-corrected chi connectivity index (χ1v) is 7.38. The molecule has 0 aliphatic heterocycles. The Labute approximate surface area is 113 Å². The normalized spacial score (nSPS) is 10.9. The number of hydrogen-bond acceptors (Lipinski definition) is 2. The average molecular weight is 352 g/mol. The van der Waals surface area contributed by atoms with Gasteiger partial charge in [-0.1, -0.05) is 31.9 Å². The number of rotatable bonds is 4. The van der Waals surface area contributed by atoms with Crippen molar-refractivity contribution in [1.29, 1.82) is 0 Å². The highest BCUT2D eigenvalue weighted by Crippen LogP contribution is 2.36. The van der Waals surface area contributed by atoms with E-state index in [4.69, 9.17) is 4.74 Å². The van der Waals surface area contributed by atoms with Gasteiger partial charge in [0.1, 0.15) is 11.5 Å². The van der Waals surface area contributed by atoms with Crippen molar-refractivity contribution in [3.63, 3.8) is 0 Å². The average Bonchev–Trinajstić information content (AvgIpc) is 2.22. The van der Waals surface area contributed by atoms with E-state index in [1.165, 1.54) is 0 Å². The van der Waals surface area contributed by atoms with Crippen LogP contribution in [0.15, 0.2) is 6.07 Å². The van der Waals surface area contributed by atoms with Gasteiger partial charge in [-0.2, -0.15) is 0 Å². The molecule has 0 saturated carbocycles. The van der Waals surface area contributed by atoms with Crippen molar-refractivity contribution in [3.8, 4) is 11.5 Å². The Morgan fingerprint density at radius 1 is 1.31 bits per heavy atom. The summed E-state index contributed by atoms with van der Waals surface area (Å²) < 4.78 is 5.73. The molecule has 0 spiro atoms. The van der Waals surface area contributed by atoms with Crippen LogP contribution in [0.1, 0.15) is 30.5 Å². The molecular weight excluding hydrogens is 336 g/mol. The molecule has 4 heteroatoms. The number of halogens is 2. The van der Waals surface area contributed by atoms with E-state index in [9.17, 15) is 5.11 Å². The zero-order valence-electron chi connectivity index (χ0n) is 9.68. The molecule has 0 heterocycles.